The number of fused-ring (bicyclic) bond motifs is 1. The van der Waals surface area contributed by atoms with E-state index in [9.17, 15) is 8.78 Å². The van der Waals surface area contributed by atoms with Crippen LogP contribution >= 0.6 is 12.2 Å². The summed E-state index contributed by atoms with van der Waals surface area (Å²) in [5.41, 5.74) is 0.772. The molecule has 5 heteroatoms. The standard InChI is InChI=1S/C12H14F2N2S/c1-7(2)3-4-16-10-6-8(13)5-9(14)11(10)15-12(16)17/h5-7H,3-4H2,1-2H3,(H,15,17). The van der Waals surface area contributed by atoms with Gasteiger partial charge in [0.2, 0.25) is 0 Å². The molecule has 0 amide bonds. The van der Waals surface area contributed by atoms with Crippen molar-refractivity contribution in [1.82, 2.24) is 9.55 Å². The minimum Gasteiger partial charge on any atom is -0.328 e. The van der Waals surface area contributed by atoms with Crippen LogP contribution in [0.5, 0.6) is 0 Å². The molecule has 1 heterocycles. The first-order chi connectivity index (χ1) is 7.99. The van der Waals surface area contributed by atoms with Crippen molar-refractivity contribution in [2.45, 2.75) is 26.8 Å². The summed E-state index contributed by atoms with van der Waals surface area (Å²) in [5.74, 6) is -0.669. The van der Waals surface area contributed by atoms with Crippen LogP contribution in [0.1, 0.15) is 20.3 Å². The second-order valence-electron chi connectivity index (χ2n) is 4.55. The maximum Gasteiger partial charge on any atom is 0.178 e. The molecular weight excluding hydrogens is 242 g/mol. The van der Waals surface area contributed by atoms with Gasteiger partial charge in [0.1, 0.15) is 11.3 Å². The molecule has 92 valence electrons. The lowest BCUT2D eigenvalue weighted by Gasteiger charge is -2.07. The second kappa shape index (κ2) is 4.56. The average molecular weight is 256 g/mol. The number of imidazole rings is 1. The van der Waals surface area contributed by atoms with E-state index in [1.54, 1.807) is 4.57 Å². The van der Waals surface area contributed by atoms with Gasteiger partial charge in [0.25, 0.3) is 0 Å². The molecule has 1 N–H and O–H groups in total. The molecule has 0 spiro atoms. The third kappa shape index (κ3) is 2.39. The van der Waals surface area contributed by atoms with Crippen LogP contribution in [0.15, 0.2) is 12.1 Å². The van der Waals surface area contributed by atoms with Gasteiger partial charge in [-0.2, -0.15) is 0 Å². The summed E-state index contributed by atoms with van der Waals surface area (Å²) in [6.07, 6.45) is 0.916. The fourth-order valence-electron chi connectivity index (χ4n) is 1.79. The Balaban J connectivity index is 2.54. The topological polar surface area (TPSA) is 20.7 Å². The molecule has 2 rings (SSSR count). The van der Waals surface area contributed by atoms with E-state index in [1.807, 2.05) is 0 Å². The van der Waals surface area contributed by atoms with Gasteiger partial charge in [0, 0.05) is 12.6 Å². The number of benzene rings is 1. The monoisotopic (exact) mass is 256 g/mol. The summed E-state index contributed by atoms with van der Waals surface area (Å²) in [6.45, 7) is 4.86. The van der Waals surface area contributed by atoms with E-state index in [-0.39, 0.29) is 5.52 Å². The Morgan fingerprint density at radius 1 is 1.35 bits per heavy atom. The molecule has 0 bridgehead atoms. The summed E-state index contributed by atoms with van der Waals surface area (Å²) >= 11 is 5.13. The minimum atomic E-state index is -0.602. The quantitative estimate of drug-likeness (QED) is 0.822. The highest BCUT2D eigenvalue weighted by molar-refractivity contribution is 7.71. The summed E-state index contributed by atoms with van der Waals surface area (Å²) < 4.78 is 28.9. The van der Waals surface area contributed by atoms with Crippen LogP contribution in [0.3, 0.4) is 0 Å². The first kappa shape index (κ1) is 12.2. The van der Waals surface area contributed by atoms with E-state index in [0.29, 0.717) is 22.8 Å². The molecule has 2 nitrogen and oxygen atoms in total. The molecule has 0 saturated heterocycles. The molecule has 0 fully saturated rings. The zero-order chi connectivity index (χ0) is 12.6. The second-order valence-corrected chi connectivity index (χ2v) is 4.93. The Morgan fingerprint density at radius 3 is 2.71 bits per heavy atom. The lowest BCUT2D eigenvalue weighted by atomic mass is 10.1. The molecule has 0 saturated carbocycles. The minimum absolute atomic E-state index is 0.278. The Bertz CT molecular complexity index is 598. The summed E-state index contributed by atoms with van der Waals surface area (Å²) in [4.78, 5) is 2.78. The number of H-pyrrole nitrogens is 1. The van der Waals surface area contributed by atoms with E-state index in [2.05, 4.69) is 18.8 Å². The van der Waals surface area contributed by atoms with Crippen LogP contribution in [0, 0.1) is 22.3 Å². The van der Waals surface area contributed by atoms with Crippen molar-refractivity contribution < 1.29 is 8.78 Å². The number of nitrogens with one attached hydrogen (secondary N) is 1. The van der Waals surface area contributed by atoms with Crippen molar-refractivity contribution >= 4 is 23.3 Å². The normalized spacial score (nSPS) is 11.6. The molecule has 0 radical (unpaired) electrons. The molecule has 1 aromatic heterocycles. The number of hydrogen-bond acceptors (Lipinski definition) is 1. The largest absolute Gasteiger partial charge is 0.328 e. The number of aromatic nitrogens is 2. The van der Waals surface area contributed by atoms with E-state index in [1.165, 1.54) is 6.07 Å². The van der Waals surface area contributed by atoms with E-state index in [4.69, 9.17) is 12.2 Å². The number of halogens is 2. The first-order valence-electron chi connectivity index (χ1n) is 5.56. The van der Waals surface area contributed by atoms with E-state index < -0.39 is 11.6 Å². The van der Waals surface area contributed by atoms with Crippen LogP contribution in [0.25, 0.3) is 11.0 Å². The van der Waals surface area contributed by atoms with E-state index in [0.717, 1.165) is 12.5 Å². The van der Waals surface area contributed by atoms with Crippen LogP contribution in [-0.4, -0.2) is 9.55 Å². The van der Waals surface area contributed by atoms with Crippen molar-refractivity contribution in [3.05, 3.63) is 28.5 Å². The van der Waals surface area contributed by atoms with Gasteiger partial charge in [-0.15, -0.1) is 0 Å². The van der Waals surface area contributed by atoms with Crippen molar-refractivity contribution in [2.24, 2.45) is 5.92 Å². The van der Waals surface area contributed by atoms with Crippen LogP contribution < -0.4 is 0 Å². The van der Waals surface area contributed by atoms with Crippen LogP contribution in [0.2, 0.25) is 0 Å². The molecule has 0 atom stereocenters. The van der Waals surface area contributed by atoms with Gasteiger partial charge in [-0.1, -0.05) is 13.8 Å². The Labute approximate surface area is 103 Å². The highest BCUT2D eigenvalue weighted by Crippen LogP contribution is 2.20. The average Bonchev–Trinajstić information content (AvgIpc) is 2.52. The molecule has 0 aliphatic rings. The predicted octanol–water partition coefficient (Wildman–Crippen LogP) is 4.02. The highest BCUT2D eigenvalue weighted by atomic mass is 32.1. The Hall–Kier alpha value is -1.23. The van der Waals surface area contributed by atoms with Crippen molar-refractivity contribution in [3.8, 4) is 0 Å². The maximum absolute atomic E-state index is 13.5. The maximum atomic E-state index is 13.5. The number of hydrogen-bond donors (Lipinski definition) is 1. The molecule has 0 aliphatic carbocycles. The number of aryl methyl sites for hydroxylation is 1. The molecule has 0 aliphatic heterocycles. The molecular formula is C12H14F2N2S. The third-order valence-corrected chi connectivity index (χ3v) is 3.05. The number of aromatic amines is 1. The molecule has 0 unspecified atom stereocenters. The third-order valence-electron chi connectivity index (χ3n) is 2.73. The first-order valence-corrected chi connectivity index (χ1v) is 5.97. The van der Waals surface area contributed by atoms with Gasteiger partial charge in [-0.3, -0.25) is 0 Å². The fraction of sp³-hybridized carbons (Fsp3) is 0.417. The SMILES string of the molecule is CC(C)CCn1c(=S)[nH]c2c(F)cc(F)cc21. The van der Waals surface area contributed by atoms with Gasteiger partial charge in [-0.25, -0.2) is 8.78 Å². The number of rotatable bonds is 3. The van der Waals surface area contributed by atoms with Crippen molar-refractivity contribution in [1.29, 1.82) is 0 Å². The zero-order valence-electron chi connectivity index (χ0n) is 9.76. The lowest BCUT2D eigenvalue weighted by molar-refractivity contribution is 0.519. The van der Waals surface area contributed by atoms with Gasteiger partial charge < -0.3 is 9.55 Å². The molecule has 17 heavy (non-hydrogen) atoms. The predicted molar refractivity (Wildman–Crippen MR) is 66.5 cm³/mol. The number of nitrogens with zero attached hydrogens (tertiary/aromatic N) is 1. The Morgan fingerprint density at radius 2 is 2.06 bits per heavy atom. The van der Waals surface area contributed by atoms with Gasteiger partial charge >= 0.3 is 0 Å². The van der Waals surface area contributed by atoms with Gasteiger partial charge in [0.15, 0.2) is 10.6 Å². The fourth-order valence-corrected chi connectivity index (χ4v) is 2.08. The van der Waals surface area contributed by atoms with Crippen molar-refractivity contribution in [3.63, 3.8) is 0 Å². The molecule has 2 aromatic rings. The van der Waals surface area contributed by atoms with Crippen LogP contribution in [0.4, 0.5) is 8.78 Å². The van der Waals surface area contributed by atoms with Crippen LogP contribution in [-0.2, 0) is 6.54 Å². The zero-order valence-corrected chi connectivity index (χ0v) is 10.6. The van der Waals surface area contributed by atoms with Gasteiger partial charge in [0.05, 0.1) is 5.52 Å². The lowest BCUT2D eigenvalue weighted by Crippen LogP contribution is -2.01. The highest BCUT2D eigenvalue weighted by Gasteiger charge is 2.11. The van der Waals surface area contributed by atoms with E-state index >= 15 is 0 Å². The smallest absolute Gasteiger partial charge is 0.178 e. The molecule has 1 aromatic carbocycles. The summed E-state index contributed by atoms with van der Waals surface area (Å²) in [5, 5.41) is 0. The summed E-state index contributed by atoms with van der Waals surface area (Å²) in [6, 6.07) is 2.17. The Kier molecular flexibility index (Phi) is 3.28. The van der Waals surface area contributed by atoms with Gasteiger partial charge in [-0.05, 0) is 30.6 Å². The van der Waals surface area contributed by atoms with Crippen molar-refractivity contribution in [2.75, 3.05) is 0 Å². The summed E-state index contributed by atoms with van der Waals surface area (Å²) in [7, 11) is 0.